The van der Waals surface area contributed by atoms with Crippen molar-refractivity contribution in [3.63, 3.8) is 0 Å². The lowest BCUT2D eigenvalue weighted by Gasteiger charge is -2.19. The third kappa shape index (κ3) is 2.03. The molecule has 0 bridgehead atoms. The standard InChI is InChI=1S/C7H12N2.ClH/c1-7(2,3)9-5-4-8-6-9;/h4-6H,1-3H3;1H. The van der Waals surface area contributed by atoms with E-state index in [0.29, 0.717) is 0 Å². The summed E-state index contributed by atoms with van der Waals surface area (Å²) in [5, 5.41) is 0. The summed E-state index contributed by atoms with van der Waals surface area (Å²) in [7, 11) is 0. The molecule has 0 aliphatic heterocycles. The second-order valence-corrected chi connectivity index (χ2v) is 3.14. The fourth-order valence-electron chi connectivity index (χ4n) is 0.656. The summed E-state index contributed by atoms with van der Waals surface area (Å²) in [6.45, 7) is 6.44. The van der Waals surface area contributed by atoms with Crippen LogP contribution in [0.25, 0.3) is 0 Å². The van der Waals surface area contributed by atoms with Crippen molar-refractivity contribution in [2.75, 3.05) is 0 Å². The van der Waals surface area contributed by atoms with E-state index in [1.165, 1.54) is 0 Å². The molecule has 0 aliphatic rings. The zero-order chi connectivity index (χ0) is 6.91. The normalized spacial score (nSPS) is 10.7. The predicted octanol–water partition coefficient (Wildman–Crippen LogP) is 2.06. The first-order valence-electron chi connectivity index (χ1n) is 3.09. The van der Waals surface area contributed by atoms with Crippen LogP contribution in [0.4, 0.5) is 0 Å². The molecule has 0 spiro atoms. The largest absolute Gasteiger partial charge is 0.332 e. The molecule has 0 fully saturated rings. The van der Waals surface area contributed by atoms with Gasteiger partial charge in [0.25, 0.3) is 0 Å². The van der Waals surface area contributed by atoms with Crippen molar-refractivity contribution in [3.8, 4) is 0 Å². The van der Waals surface area contributed by atoms with E-state index in [0.717, 1.165) is 0 Å². The maximum atomic E-state index is 3.95. The van der Waals surface area contributed by atoms with Gasteiger partial charge in [-0.3, -0.25) is 0 Å². The minimum absolute atomic E-state index is 0. The van der Waals surface area contributed by atoms with E-state index in [4.69, 9.17) is 0 Å². The Morgan fingerprint density at radius 1 is 1.30 bits per heavy atom. The lowest BCUT2D eigenvalue weighted by atomic mass is 10.1. The highest BCUT2D eigenvalue weighted by atomic mass is 35.5. The van der Waals surface area contributed by atoms with Crippen molar-refractivity contribution in [1.82, 2.24) is 9.55 Å². The summed E-state index contributed by atoms with van der Waals surface area (Å²) in [4.78, 5) is 3.95. The Kier molecular flexibility index (Phi) is 2.91. The van der Waals surface area contributed by atoms with E-state index in [1.807, 2.05) is 12.5 Å². The molecule has 1 heterocycles. The summed E-state index contributed by atoms with van der Waals surface area (Å²) >= 11 is 0. The molecule has 58 valence electrons. The Morgan fingerprint density at radius 3 is 2.10 bits per heavy atom. The van der Waals surface area contributed by atoms with Crippen molar-refractivity contribution in [1.29, 1.82) is 0 Å². The topological polar surface area (TPSA) is 17.8 Å². The zero-order valence-electron chi connectivity index (χ0n) is 6.53. The van der Waals surface area contributed by atoms with Crippen molar-refractivity contribution in [2.24, 2.45) is 0 Å². The molecule has 1 aromatic heterocycles. The van der Waals surface area contributed by atoms with Crippen LogP contribution in [0.2, 0.25) is 0 Å². The average Bonchev–Trinajstić information content (AvgIpc) is 2.08. The van der Waals surface area contributed by atoms with E-state index in [-0.39, 0.29) is 17.9 Å². The van der Waals surface area contributed by atoms with Gasteiger partial charge in [-0.2, -0.15) is 0 Å². The smallest absolute Gasteiger partial charge is 0.0950 e. The third-order valence-electron chi connectivity index (χ3n) is 1.28. The molecule has 0 N–H and O–H groups in total. The first kappa shape index (κ1) is 9.50. The van der Waals surface area contributed by atoms with Gasteiger partial charge in [-0.1, -0.05) is 0 Å². The maximum Gasteiger partial charge on any atom is 0.0950 e. The van der Waals surface area contributed by atoms with Gasteiger partial charge in [0.15, 0.2) is 0 Å². The van der Waals surface area contributed by atoms with Gasteiger partial charge in [0.1, 0.15) is 0 Å². The molecule has 2 nitrogen and oxygen atoms in total. The average molecular weight is 161 g/mol. The van der Waals surface area contributed by atoms with Crippen molar-refractivity contribution in [2.45, 2.75) is 26.3 Å². The Bertz CT molecular complexity index is 174. The molecule has 1 aromatic rings. The highest BCUT2D eigenvalue weighted by Crippen LogP contribution is 2.11. The van der Waals surface area contributed by atoms with Crippen LogP contribution in [-0.4, -0.2) is 9.55 Å². The Hall–Kier alpha value is -0.500. The monoisotopic (exact) mass is 160 g/mol. The summed E-state index contributed by atoms with van der Waals surface area (Å²) < 4.78 is 2.08. The van der Waals surface area contributed by atoms with Gasteiger partial charge in [0.05, 0.1) is 6.33 Å². The number of hydrogen-bond acceptors (Lipinski definition) is 1. The molecular formula is C7H13ClN2. The van der Waals surface area contributed by atoms with E-state index in [1.54, 1.807) is 6.20 Å². The fraction of sp³-hybridized carbons (Fsp3) is 0.571. The zero-order valence-corrected chi connectivity index (χ0v) is 7.35. The predicted molar refractivity (Wildman–Crippen MR) is 44.5 cm³/mol. The van der Waals surface area contributed by atoms with Crippen LogP contribution in [0.15, 0.2) is 18.7 Å². The summed E-state index contributed by atoms with van der Waals surface area (Å²) in [5.41, 5.74) is 0.177. The summed E-state index contributed by atoms with van der Waals surface area (Å²) in [5.74, 6) is 0. The van der Waals surface area contributed by atoms with E-state index >= 15 is 0 Å². The fourth-order valence-corrected chi connectivity index (χ4v) is 0.656. The minimum atomic E-state index is 0. The Labute approximate surface area is 67.7 Å². The van der Waals surface area contributed by atoms with Crippen LogP contribution >= 0.6 is 12.4 Å². The van der Waals surface area contributed by atoms with Gasteiger partial charge in [0.2, 0.25) is 0 Å². The molecular weight excluding hydrogens is 148 g/mol. The number of nitrogens with zero attached hydrogens (tertiary/aromatic N) is 2. The SMILES string of the molecule is CC(C)(C)n1ccnc1.Cl. The second-order valence-electron chi connectivity index (χ2n) is 3.14. The molecule has 0 atom stereocenters. The van der Waals surface area contributed by atoms with Crippen LogP contribution in [0.3, 0.4) is 0 Å². The van der Waals surface area contributed by atoms with Gasteiger partial charge < -0.3 is 4.57 Å². The van der Waals surface area contributed by atoms with E-state index in [9.17, 15) is 0 Å². The van der Waals surface area contributed by atoms with Crippen LogP contribution < -0.4 is 0 Å². The van der Waals surface area contributed by atoms with Crippen LogP contribution in [-0.2, 0) is 5.54 Å². The second kappa shape index (κ2) is 3.06. The molecule has 0 radical (unpaired) electrons. The molecule has 0 saturated carbocycles. The lowest BCUT2D eigenvalue weighted by molar-refractivity contribution is 0.396. The van der Waals surface area contributed by atoms with Crippen molar-refractivity contribution >= 4 is 12.4 Å². The maximum absolute atomic E-state index is 3.95. The molecule has 3 heteroatoms. The number of aromatic nitrogens is 2. The summed E-state index contributed by atoms with van der Waals surface area (Å²) in [6, 6.07) is 0. The van der Waals surface area contributed by atoms with Crippen LogP contribution in [0, 0.1) is 0 Å². The van der Waals surface area contributed by atoms with Gasteiger partial charge in [-0.15, -0.1) is 12.4 Å². The lowest BCUT2D eigenvalue weighted by Crippen LogP contribution is -2.19. The number of hydrogen-bond donors (Lipinski definition) is 0. The van der Waals surface area contributed by atoms with Gasteiger partial charge in [0, 0.05) is 17.9 Å². The van der Waals surface area contributed by atoms with Gasteiger partial charge >= 0.3 is 0 Å². The molecule has 0 saturated heterocycles. The number of rotatable bonds is 0. The van der Waals surface area contributed by atoms with Crippen molar-refractivity contribution < 1.29 is 0 Å². The molecule has 0 unspecified atom stereocenters. The highest BCUT2D eigenvalue weighted by Gasteiger charge is 2.09. The van der Waals surface area contributed by atoms with Crippen molar-refractivity contribution in [3.05, 3.63) is 18.7 Å². The number of imidazole rings is 1. The highest BCUT2D eigenvalue weighted by molar-refractivity contribution is 5.85. The van der Waals surface area contributed by atoms with Crippen LogP contribution in [0.5, 0.6) is 0 Å². The molecule has 1 rings (SSSR count). The Morgan fingerprint density at radius 2 is 1.90 bits per heavy atom. The quantitative estimate of drug-likeness (QED) is 0.568. The first-order valence-corrected chi connectivity index (χ1v) is 3.09. The summed E-state index contributed by atoms with van der Waals surface area (Å²) in [6.07, 6.45) is 5.60. The van der Waals surface area contributed by atoms with Gasteiger partial charge in [-0.25, -0.2) is 4.98 Å². The van der Waals surface area contributed by atoms with E-state index in [2.05, 4.69) is 30.3 Å². The van der Waals surface area contributed by atoms with Gasteiger partial charge in [-0.05, 0) is 20.8 Å². The number of halogens is 1. The molecule has 0 aromatic carbocycles. The molecule has 0 amide bonds. The molecule has 0 aliphatic carbocycles. The van der Waals surface area contributed by atoms with E-state index < -0.39 is 0 Å². The first-order chi connectivity index (χ1) is 4.11. The molecule has 10 heavy (non-hydrogen) atoms. The Balaban J connectivity index is 0.000000810. The third-order valence-corrected chi connectivity index (χ3v) is 1.28. The van der Waals surface area contributed by atoms with Crippen LogP contribution in [0.1, 0.15) is 20.8 Å². The minimum Gasteiger partial charge on any atom is -0.332 e.